The number of carboxylic acids is 1. The van der Waals surface area contributed by atoms with E-state index in [1.54, 1.807) is 11.8 Å². The van der Waals surface area contributed by atoms with Gasteiger partial charge in [-0.05, 0) is 25.0 Å². The summed E-state index contributed by atoms with van der Waals surface area (Å²) in [5, 5.41) is 12.1. The average molecular weight is 257 g/mol. The molecule has 1 saturated heterocycles. The predicted molar refractivity (Wildman–Crippen MR) is 67.0 cm³/mol. The molecule has 1 aliphatic carbocycles. The van der Waals surface area contributed by atoms with Crippen molar-refractivity contribution in [2.45, 2.75) is 32.1 Å². The number of carbonyl (C=O) groups excluding carboxylic acids is 1. The number of aliphatic carboxylic acids is 1. The van der Waals surface area contributed by atoms with Crippen molar-refractivity contribution in [1.29, 1.82) is 0 Å². The summed E-state index contributed by atoms with van der Waals surface area (Å²) in [5.41, 5.74) is -0.693. The van der Waals surface area contributed by atoms with Crippen LogP contribution in [0.25, 0.3) is 0 Å². The monoisotopic (exact) mass is 257 g/mol. The maximum Gasteiger partial charge on any atom is 0.311 e. The first-order valence-corrected chi connectivity index (χ1v) is 7.38. The Balaban J connectivity index is 1.87. The molecule has 4 nitrogen and oxygen atoms in total. The van der Waals surface area contributed by atoms with Crippen LogP contribution < -0.4 is 5.32 Å². The first-order chi connectivity index (χ1) is 8.14. The minimum absolute atomic E-state index is 0.0440. The molecule has 96 valence electrons. The van der Waals surface area contributed by atoms with Gasteiger partial charge in [0.25, 0.3) is 0 Å². The third-order valence-electron chi connectivity index (χ3n) is 3.92. The maximum atomic E-state index is 11.8. The van der Waals surface area contributed by atoms with E-state index in [-0.39, 0.29) is 11.8 Å². The van der Waals surface area contributed by atoms with Crippen LogP contribution in [0.1, 0.15) is 32.1 Å². The van der Waals surface area contributed by atoms with Crippen LogP contribution in [0.2, 0.25) is 0 Å². The molecular formula is C12H19NO3S. The van der Waals surface area contributed by atoms with Crippen LogP contribution in [0.4, 0.5) is 0 Å². The number of hydrogen-bond donors (Lipinski definition) is 2. The summed E-state index contributed by atoms with van der Waals surface area (Å²) < 4.78 is 0. The molecule has 2 fully saturated rings. The number of rotatable bonds is 4. The van der Waals surface area contributed by atoms with Crippen LogP contribution in [0.3, 0.4) is 0 Å². The summed E-state index contributed by atoms with van der Waals surface area (Å²) in [7, 11) is 0. The lowest BCUT2D eigenvalue weighted by atomic mass is 9.86. The summed E-state index contributed by atoms with van der Waals surface area (Å²) in [6, 6.07) is 0. The Kier molecular flexibility index (Phi) is 3.97. The molecule has 0 aromatic carbocycles. The van der Waals surface area contributed by atoms with Gasteiger partial charge in [-0.2, -0.15) is 11.8 Å². The zero-order valence-corrected chi connectivity index (χ0v) is 10.7. The van der Waals surface area contributed by atoms with E-state index in [1.807, 2.05) is 0 Å². The fourth-order valence-corrected chi connectivity index (χ4v) is 3.88. The minimum atomic E-state index is -0.754. The van der Waals surface area contributed by atoms with E-state index in [9.17, 15) is 14.7 Å². The van der Waals surface area contributed by atoms with Gasteiger partial charge in [-0.25, -0.2) is 0 Å². The van der Waals surface area contributed by atoms with Gasteiger partial charge >= 0.3 is 5.97 Å². The van der Waals surface area contributed by atoms with E-state index >= 15 is 0 Å². The van der Waals surface area contributed by atoms with Crippen molar-refractivity contribution in [1.82, 2.24) is 5.32 Å². The lowest BCUT2D eigenvalue weighted by Crippen LogP contribution is -2.43. The fourth-order valence-electron chi connectivity index (χ4n) is 2.66. The van der Waals surface area contributed by atoms with Crippen LogP contribution in [0, 0.1) is 11.3 Å². The van der Waals surface area contributed by atoms with Crippen molar-refractivity contribution in [3.63, 3.8) is 0 Å². The SMILES string of the molecule is O=C(NCC1(C(=O)O)CCCC1)C1CCSC1. The van der Waals surface area contributed by atoms with Crippen LogP contribution in [0.15, 0.2) is 0 Å². The van der Waals surface area contributed by atoms with Crippen LogP contribution in [-0.4, -0.2) is 35.0 Å². The first kappa shape index (κ1) is 12.7. The molecule has 0 aromatic heterocycles. The molecule has 1 saturated carbocycles. The standard InChI is InChI=1S/C12H19NO3S/c14-10(9-3-6-17-7-9)13-8-12(11(15)16)4-1-2-5-12/h9H,1-8H2,(H,13,14)(H,15,16). The van der Waals surface area contributed by atoms with Crippen LogP contribution in [0.5, 0.6) is 0 Å². The Morgan fingerprint density at radius 2 is 2.06 bits per heavy atom. The summed E-state index contributed by atoms with van der Waals surface area (Å²) >= 11 is 1.80. The van der Waals surface area contributed by atoms with Crippen molar-refractivity contribution in [3.8, 4) is 0 Å². The smallest absolute Gasteiger partial charge is 0.311 e. The molecule has 2 N–H and O–H groups in total. The van der Waals surface area contributed by atoms with Gasteiger partial charge in [0.15, 0.2) is 0 Å². The molecule has 1 aliphatic heterocycles. The Morgan fingerprint density at radius 3 is 2.59 bits per heavy atom. The Bertz CT molecular complexity index is 307. The van der Waals surface area contributed by atoms with E-state index < -0.39 is 11.4 Å². The molecule has 2 rings (SSSR count). The van der Waals surface area contributed by atoms with Crippen molar-refractivity contribution in [2.75, 3.05) is 18.1 Å². The second-order valence-electron chi connectivity index (χ2n) is 5.07. The van der Waals surface area contributed by atoms with Gasteiger partial charge in [-0.1, -0.05) is 12.8 Å². The molecule has 1 amide bonds. The summed E-state index contributed by atoms with van der Waals surface area (Å²) in [6.45, 7) is 0.308. The zero-order chi connectivity index (χ0) is 12.3. The van der Waals surface area contributed by atoms with E-state index in [0.29, 0.717) is 19.4 Å². The number of hydrogen-bond acceptors (Lipinski definition) is 3. The van der Waals surface area contributed by atoms with Gasteiger partial charge in [0, 0.05) is 18.2 Å². The van der Waals surface area contributed by atoms with Crippen molar-refractivity contribution >= 4 is 23.6 Å². The first-order valence-electron chi connectivity index (χ1n) is 6.23. The maximum absolute atomic E-state index is 11.8. The van der Waals surface area contributed by atoms with Gasteiger partial charge in [0.05, 0.1) is 5.41 Å². The Morgan fingerprint density at radius 1 is 1.35 bits per heavy atom. The summed E-state index contributed by atoms with van der Waals surface area (Å²) in [5.74, 6) is 1.31. The molecule has 1 unspecified atom stereocenters. The zero-order valence-electron chi connectivity index (χ0n) is 9.91. The van der Waals surface area contributed by atoms with Crippen molar-refractivity contribution < 1.29 is 14.7 Å². The van der Waals surface area contributed by atoms with Gasteiger partial charge in [0.1, 0.15) is 0 Å². The van der Waals surface area contributed by atoms with Gasteiger partial charge in [-0.3, -0.25) is 9.59 Å². The van der Waals surface area contributed by atoms with E-state index in [0.717, 1.165) is 30.8 Å². The molecule has 0 spiro atoms. The van der Waals surface area contributed by atoms with Crippen LogP contribution >= 0.6 is 11.8 Å². The number of thioether (sulfide) groups is 1. The molecule has 1 heterocycles. The Labute approximate surface area is 106 Å². The molecule has 0 bridgehead atoms. The highest BCUT2D eigenvalue weighted by atomic mass is 32.2. The number of carbonyl (C=O) groups is 2. The fraction of sp³-hybridized carbons (Fsp3) is 0.833. The normalized spacial score (nSPS) is 26.9. The molecule has 17 heavy (non-hydrogen) atoms. The Hall–Kier alpha value is -0.710. The molecular weight excluding hydrogens is 238 g/mol. The highest BCUT2D eigenvalue weighted by molar-refractivity contribution is 7.99. The third-order valence-corrected chi connectivity index (χ3v) is 5.08. The lowest BCUT2D eigenvalue weighted by Gasteiger charge is -2.24. The topological polar surface area (TPSA) is 66.4 Å². The highest BCUT2D eigenvalue weighted by Gasteiger charge is 2.41. The summed E-state index contributed by atoms with van der Waals surface area (Å²) in [6.07, 6.45) is 4.24. The molecule has 0 radical (unpaired) electrons. The van der Waals surface area contributed by atoms with Gasteiger partial charge in [-0.15, -0.1) is 0 Å². The highest BCUT2D eigenvalue weighted by Crippen LogP contribution is 2.37. The number of carboxylic acid groups (broad SMARTS) is 1. The van der Waals surface area contributed by atoms with Gasteiger partial charge in [0.2, 0.25) is 5.91 Å². The quantitative estimate of drug-likeness (QED) is 0.801. The van der Waals surface area contributed by atoms with Crippen molar-refractivity contribution in [3.05, 3.63) is 0 Å². The van der Waals surface area contributed by atoms with E-state index in [1.165, 1.54) is 0 Å². The summed E-state index contributed by atoms with van der Waals surface area (Å²) in [4.78, 5) is 23.2. The third kappa shape index (κ3) is 2.76. The molecule has 0 aromatic rings. The average Bonchev–Trinajstić information content (AvgIpc) is 2.97. The predicted octanol–water partition coefficient (Wildman–Crippen LogP) is 1.50. The minimum Gasteiger partial charge on any atom is -0.481 e. The van der Waals surface area contributed by atoms with E-state index in [4.69, 9.17) is 0 Å². The largest absolute Gasteiger partial charge is 0.481 e. The number of amides is 1. The second kappa shape index (κ2) is 5.29. The van der Waals surface area contributed by atoms with Crippen molar-refractivity contribution in [2.24, 2.45) is 11.3 Å². The number of nitrogens with one attached hydrogen (secondary N) is 1. The lowest BCUT2D eigenvalue weighted by molar-refractivity contribution is -0.148. The molecule has 5 heteroatoms. The molecule has 1 atom stereocenters. The van der Waals surface area contributed by atoms with Gasteiger partial charge < -0.3 is 10.4 Å². The van der Waals surface area contributed by atoms with E-state index in [2.05, 4.69) is 5.32 Å². The second-order valence-corrected chi connectivity index (χ2v) is 6.22. The molecule has 2 aliphatic rings. The van der Waals surface area contributed by atoms with Crippen LogP contribution in [-0.2, 0) is 9.59 Å².